The molecule has 1 heterocycles. The highest BCUT2D eigenvalue weighted by Gasteiger charge is 2.05. The minimum atomic E-state index is -0.855. The van der Waals surface area contributed by atoms with E-state index >= 15 is 0 Å². The van der Waals surface area contributed by atoms with Crippen LogP contribution in [0.25, 0.3) is 0 Å². The van der Waals surface area contributed by atoms with Gasteiger partial charge in [-0.3, -0.25) is 0 Å². The number of rotatable bonds is 7. The van der Waals surface area contributed by atoms with Crippen LogP contribution in [0.4, 0.5) is 4.39 Å². The molecule has 0 aliphatic carbocycles. The lowest BCUT2D eigenvalue weighted by molar-refractivity contribution is 0.0696. The summed E-state index contributed by atoms with van der Waals surface area (Å²) in [7, 11) is 0. The fourth-order valence-electron chi connectivity index (χ4n) is 3.63. The van der Waals surface area contributed by atoms with Crippen molar-refractivity contribution in [2.75, 3.05) is 6.54 Å². The lowest BCUT2D eigenvalue weighted by Gasteiger charge is -2.10. The first-order valence-electron chi connectivity index (χ1n) is 12.5. The normalized spacial score (nSPS) is 11.6. The molecule has 0 aromatic heterocycles. The van der Waals surface area contributed by atoms with E-state index in [4.69, 9.17) is 10.8 Å². The first-order valence-corrected chi connectivity index (χ1v) is 12.5. The van der Waals surface area contributed by atoms with E-state index in [1.54, 1.807) is 19.1 Å². The van der Waals surface area contributed by atoms with E-state index in [2.05, 4.69) is 59.8 Å². The molecule has 4 rings (SSSR count). The van der Waals surface area contributed by atoms with Gasteiger partial charge in [0.1, 0.15) is 5.82 Å². The van der Waals surface area contributed by atoms with Crippen LogP contribution in [0.2, 0.25) is 0 Å². The second kappa shape index (κ2) is 15.1. The molecule has 0 saturated heterocycles. The van der Waals surface area contributed by atoms with E-state index in [1.807, 2.05) is 26.0 Å². The molecular formula is C31H39FN4O2. The lowest BCUT2D eigenvalue weighted by atomic mass is 10.1. The van der Waals surface area contributed by atoms with Crippen molar-refractivity contribution in [1.82, 2.24) is 16.0 Å². The molecule has 3 aromatic carbocycles. The number of nitrogens with one attached hydrogen (secondary N) is 3. The standard InChI is InChI=1S/C12H16N2.C10H13FN2.C9H10O2/c1-10-5-2-3-6-11(10)9-14-12-7-4-8-13-12;1-7-3-4-10(11)5-9(7)6-13-8(2)12;1-6-3-4-7(2)8(5-6)9(10)11/h2-3,5-7,13-14H,4,8-9H2,1H3;3-5,13H,2,6,12H2,1H3;3-5H,1-2H3,(H,10,11). The van der Waals surface area contributed by atoms with Crippen molar-refractivity contribution < 1.29 is 14.3 Å². The molecule has 38 heavy (non-hydrogen) atoms. The molecule has 0 fully saturated rings. The zero-order valence-corrected chi connectivity index (χ0v) is 22.7. The van der Waals surface area contributed by atoms with Crippen LogP contribution in [-0.2, 0) is 13.1 Å². The monoisotopic (exact) mass is 518 g/mol. The molecule has 6 N–H and O–H groups in total. The summed E-state index contributed by atoms with van der Waals surface area (Å²) >= 11 is 0. The molecule has 0 atom stereocenters. The zero-order chi connectivity index (χ0) is 28.1. The number of nitrogens with two attached hydrogens (primary N) is 1. The van der Waals surface area contributed by atoms with E-state index in [1.165, 1.54) is 29.1 Å². The van der Waals surface area contributed by atoms with Crippen molar-refractivity contribution in [3.63, 3.8) is 0 Å². The highest BCUT2D eigenvalue weighted by atomic mass is 19.1. The number of carboxylic acid groups (broad SMARTS) is 1. The third-order valence-electron chi connectivity index (χ3n) is 5.98. The number of aryl methyl sites for hydroxylation is 4. The summed E-state index contributed by atoms with van der Waals surface area (Å²) in [6.07, 6.45) is 3.34. The SMILES string of the molecule is C=C(N)NCc1cc(F)ccc1C.Cc1ccc(C)c(C(=O)O)c1.Cc1ccccc1CNC1=CCCN1. The zero-order valence-electron chi connectivity index (χ0n) is 22.7. The molecule has 3 aromatic rings. The van der Waals surface area contributed by atoms with Crippen molar-refractivity contribution in [1.29, 1.82) is 0 Å². The second-order valence-corrected chi connectivity index (χ2v) is 9.19. The lowest BCUT2D eigenvalue weighted by Crippen LogP contribution is -2.22. The fourth-order valence-corrected chi connectivity index (χ4v) is 3.63. The average Bonchev–Trinajstić information content (AvgIpc) is 3.40. The Hall–Kier alpha value is -4.26. The Bertz CT molecular complexity index is 1270. The van der Waals surface area contributed by atoms with Gasteiger partial charge in [0.15, 0.2) is 0 Å². The molecule has 0 radical (unpaired) electrons. The van der Waals surface area contributed by atoms with Crippen LogP contribution in [0.15, 0.2) is 85.0 Å². The number of benzene rings is 3. The van der Waals surface area contributed by atoms with Crippen LogP contribution in [-0.4, -0.2) is 17.6 Å². The molecule has 0 spiro atoms. The van der Waals surface area contributed by atoms with Crippen molar-refractivity contribution in [3.8, 4) is 0 Å². The minimum absolute atomic E-state index is 0.231. The third kappa shape index (κ3) is 10.4. The molecule has 1 aliphatic rings. The van der Waals surface area contributed by atoms with Crippen LogP contribution in [0, 0.1) is 33.5 Å². The highest BCUT2D eigenvalue weighted by molar-refractivity contribution is 5.89. The predicted octanol–water partition coefficient (Wildman–Crippen LogP) is 5.57. The van der Waals surface area contributed by atoms with Gasteiger partial charge < -0.3 is 26.8 Å². The maximum Gasteiger partial charge on any atom is 0.335 e. The maximum atomic E-state index is 12.8. The summed E-state index contributed by atoms with van der Waals surface area (Å²) in [6, 6.07) is 18.5. The Morgan fingerprint density at radius 2 is 1.66 bits per heavy atom. The van der Waals surface area contributed by atoms with Gasteiger partial charge in [0.05, 0.1) is 17.2 Å². The summed E-state index contributed by atoms with van der Waals surface area (Å²) in [5.74, 6) is 0.480. The topological polar surface area (TPSA) is 99.4 Å². The first kappa shape index (κ1) is 30.0. The maximum absolute atomic E-state index is 12.8. The van der Waals surface area contributed by atoms with E-state index in [9.17, 15) is 9.18 Å². The Labute approximate surface area is 225 Å². The average molecular weight is 519 g/mol. The summed E-state index contributed by atoms with van der Waals surface area (Å²) in [5, 5.41) is 18.2. The largest absolute Gasteiger partial charge is 0.478 e. The van der Waals surface area contributed by atoms with Crippen molar-refractivity contribution >= 4 is 5.97 Å². The molecule has 0 amide bonds. The summed E-state index contributed by atoms with van der Waals surface area (Å²) < 4.78 is 12.8. The summed E-state index contributed by atoms with van der Waals surface area (Å²) in [6.45, 7) is 13.7. The van der Waals surface area contributed by atoms with Gasteiger partial charge in [-0.2, -0.15) is 0 Å². The number of hydrogen-bond acceptors (Lipinski definition) is 5. The number of hydrogen-bond donors (Lipinski definition) is 5. The number of aromatic carboxylic acids is 1. The van der Waals surface area contributed by atoms with E-state index < -0.39 is 5.97 Å². The van der Waals surface area contributed by atoms with Crippen molar-refractivity contribution in [2.45, 2.75) is 47.2 Å². The number of carbonyl (C=O) groups is 1. The minimum Gasteiger partial charge on any atom is -0.478 e. The van der Waals surface area contributed by atoms with Gasteiger partial charge in [-0.05, 0) is 86.2 Å². The molecule has 0 bridgehead atoms. The Morgan fingerprint density at radius 1 is 0.974 bits per heavy atom. The molecule has 0 unspecified atom stereocenters. The van der Waals surface area contributed by atoms with Crippen LogP contribution in [0.5, 0.6) is 0 Å². The van der Waals surface area contributed by atoms with Crippen molar-refractivity contribution in [2.24, 2.45) is 5.73 Å². The van der Waals surface area contributed by atoms with Gasteiger partial charge in [0.2, 0.25) is 0 Å². The van der Waals surface area contributed by atoms with E-state index in [0.717, 1.165) is 41.8 Å². The quantitative estimate of drug-likeness (QED) is 0.280. The second-order valence-electron chi connectivity index (χ2n) is 9.19. The Kier molecular flexibility index (Phi) is 11.9. The van der Waals surface area contributed by atoms with Crippen LogP contribution < -0.4 is 21.7 Å². The van der Waals surface area contributed by atoms with E-state index in [-0.39, 0.29) is 5.82 Å². The third-order valence-corrected chi connectivity index (χ3v) is 5.98. The first-order chi connectivity index (χ1) is 18.1. The Balaban J connectivity index is 0.000000202. The van der Waals surface area contributed by atoms with Gasteiger partial charge in [-0.1, -0.05) is 54.6 Å². The highest BCUT2D eigenvalue weighted by Crippen LogP contribution is 2.11. The smallest absolute Gasteiger partial charge is 0.335 e. The number of carboxylic acids is 1. The van der Waals surface area contributed by atoms with Gasteiger partial charge in [-0.25, -0.2) is 9.18 Å². The van der Waals surface area contributed by atoms with Gasteiger partial charge in [-0.15, -0.1) is 0 Å². The predicted molar refractivity (Wildman–Crippen MR) is 153 cm³/mol. The summed E-state index contributed by atoms with van der Waals surface area (Å²) in [5.41, 5.74) is 12.2. The Morgan fingerprint density at radius 3 is 2.26 bits per heavy atom. The molecular weight excluding hydrogens is 479 g/mol. The fraction of sp³-hybridized carbons (Fsp3) is 0.258. The molecule has 7 heteroatoms. The van der Waals surface area contributed by atoms with Crippen LogP contribution >= 0.6 is 0 Å². The molecule has 0 saturated carbocycles. The van der Waals surface area contributed by atoms with Crippen LogP contribution in [0.3, 0.4) is 0 Å². The van der Waals surface area contributed by atoms with Gasteiger partial charge >= 0.3 is 5.97 Å². The number of halogens is 1. The van der Waals surface area contributed by atoms with Gasteiger partial charge in [0.25, 0.3) is 0 Å². The van der Waals surface area contributed by atoms with Gasteiger partial charge in [0, 0.05) is 19.6 Å². The van der Waals surface area contributed by atoms with Crippen LogP contribution in [0.1, 0.15) is 50.2 Å². The molecule has 1 aliphatic heterocycles. The van der Waals surface area contributed by atoms with E-state index in [0.29, 0.717) is 17.9 Å². The molecule has 202 valence electrons. The van der Waals surface area contributed by atoms with Crippen molar-refractivity contribution in [3.05, 3.63) is 130 Å². The molecule has 6 nitrogen and oxygen atoms in total. The summed E-state index contributed by atoms with van der Waals surface area (Å²) in [4.78, 5) is 10.6.